The lowest BCUT2D eigenvalue weighted by Crippen LogP contribution is -2.30. The summed E-state index contributed by atoms with van der Waals surface area (Å²) in [4.78, 5) is 72.0. The number of aliphatic hydroxyl groups is 1. The maximum Gasteiger partial charge on any atom is 0.472 e. The fourth-order valence-electron chi connectivity index (χ4n) is 9.94. The molecule has 3 N–H and O–H groups in total. The van der Waals surface area contributed by atoms with Crippen LogP contribution in [0.1, 0.15) is 336 Å². The Kier molecular flexibility index (Phi) is 58.3. The highest BCUT2D eigenvalue weighted by molar-refractivity contribution is 7.47. The Bertz CT molecular complexity index is 1650. The van der Waals surface area contributed by atoms with Crippen LogP contribution >= 0.6 is 15.6 Å². The van der Waals surface area contributed by atoms with E-state index in [0.29, 0.717) is 25.7 Å². The van der Waals surface area contributed by atoms with Crippen LogP contribution in [0.5, 0.6) is 0 Å². The number of unbranched alkanes of at least 4 members (excludes halogenated alkanes) is 38. The third-order valence-electron chi connectivity index (χ3n) is 15.3. The van der Waals surface area contributed by atoms with Gasteiger partial charge in [-0.25, -0.2) is 9.13 Å². The molecule has 2 unspecified atom stereocenters. The van der Waals surface area contributed by atoms with Gasteiger partial charge in [-0.2, -0.15) is 0 Å². The SMILES string of the molecule is CCCCCCCCCCCCCCCCCCCCC(=O)O[C@H](COC(=O)CCCCCCCCCCCCC(C)C)COP(=O)(O)OC[C@@H](O)COP(=O)(O)OC[C@@H](COC(=O)CCCCCCC)OC(=O)CCCCCCCCCCC. The first kappa shape index (κ1) is 83.1. The molecule has 0 aromatic rings. The van der Waals surface area contributed by atoms with Crippen molar-refractivity contribution in [2.75, 3.05) is 39.6 Å². The van der Waals surface area contributed by atoms with Gasteiger partial charge in [0.25, 0.3) is 0 Å². The smallest absolute Gasteiger partial charge is 0.462 e. The first-order valence-corrected chi connectivity index (χ1v) is 37.6. The van der Waals surface area contributed by atoms with Gasteiger partial charge in [0.2, 0.25) is 0 Å². The summed E-state index contributed by atoms with van der Waals surface area (Å²) in [6, 6.07) is 0. The van der Waals surface area contributed by atoms with E-state index in [1.54, 1.807) is 0 Å². The van der Waals surface area contributed by atoms with Crippen LogP contribution in [0, 0.1) is 5.92 Å². The van der Waals surface area contributed by atoms with Crippen molar-refractivity contribution in [2.24, 2.45) is 5.92 Å². The van der Waals surface area contributed by atoms with Crippen molar-refractivity contribution in [2.45, 2.75) is 355 Å². The van der Waals surface area contributed by atoms with Crippen LogP contribution in [0.3, 0.4) is 0 Å². The normalized spacial score (nSPS) is 14.2. The maximum atomic E-state index is 13.0. The lowest BCUT2D eigenvalue weighted by Gasteiger charge is -2.21. The first-order chi connectivity index (χ1) is 41.0. The van der Waals surface area contributed by atoms with Crippen LogP contribution in [-0.4, -0.2) is 96.7 Å². The molecular formula is C66H128O17P2. The van der Waals surface area contributed by atoms with Gasteiger partial charge in [-0.05, 0) is 31.6 Å². The summed E-state index contributed by atoms with van der Waals surface area (Å²) in [5, 5.41) is 10.5. The molecule has 0 heterocycles. The Morgan fingerprint density at radius 1 is 0.318 bits per heavy atom. The predicted octanol–water partition coefficient (Wildman–Crippen LogP) is 18.6. The molecule has 0 bridgehead atoms. The topological polar surface area (TPSA) is 237 Å². The zero-order chi connectivity index (χ0) is 62.8. The molecule has 0 fully saturated rings. The second-order valence-electron chi connectivity index (χ2n) is 24.3. The van der Waals surface area contributed by atoms with E-state index in [2.05, 4.69) is 34.6 Å². The Labute approximate surface area is 517 Å². The Balaban J connectivity index is 5.14. The Hall–Kier alpha value is -1.94. The molecular weight excluding hydrogens is 1130 g/mol. The fraction of sp³-hybridized carbons (Fsp3) is 0.939. The molecule has 5 atom stereocenters. The summed E-state index contributed by atoms with van der Waals surface area (Å²) in [6.07, 6.45) is 44.9. The van der Waals surface area contributed by atoms with E-state index in [9.17, 15) is 43.2 Å². The third-order valence-corrected chi connectivity index (χ3v) is 17.2. The van der Waals surface area contributed by atoms with Gasteiger partial charge in [-0.1, -0.05) is 285 Å². The van der Waals surface area contributed by atoms with Gasteiger partial charge in [-0.3, -0.25) is 37.3 Å². The molecule has 0 aromatic heterocycles. The van der Waals surface area contributed by atoms with E-state index in [1.165, 1.54) is 154 Å². The summed E-state index contributed by atoms with van der Waals surface area (Å²) in [5.74, 6) is -1.38. The van der Waals surface area contributed by atoms with Crippen LogP contribution in [0.4, 0.5) is 0 Å². The van der Waals surface area contributed by atoms with Crippen molar-refractivity contribution in [1.29, 1.82) is 0 Å². The number of esters is 4. The van der Waals surface area contributed by atoms with E-state index in [1.807, 2.05) is 0 Å². The zero-order valence-corrected chi connectivity index (χ0v) is 56.5. The summed E-state index contributed by atoms with van der Waals surface area (Å²) < 4.78 is 67.9. The molecule has 0 rings (SSSR count). The number of ether oxygens (including phenoxy) is 4. The Morgan fingerprint density at radius 2 is 0.541 bits per heavy atom. The van der Waals surface area contributed by atoms with Gasteiger partial charge in [-0.15, -0.1) is 0 Å². The summed E-state index contributed by atoms with van der Waals surface area (Å²) >= 11 is 0. The molecule has 0 radical (unpaired) electrons. The highest BCUT2D eigenvalue weighted by Gasteiger charge is 2.30. The lowest BCUT2D eigenvalue weighted by atomic mass is 10.0. The molecule has 19 heteroatoms. The summed E-state index contributed by atoms with van der Waals surface area (Å²) in [6.45, 7) is 7.10. The van der Waals surface area contributed by atoms with Gasteiger partial charge >= 0.3 is 39.5 Å². The van der Waals surface area contributed by atoms with Crippen LogP contribution in [-0.2, 0) is 65.4 Å². The first-order valence-electron chi connectivity index (χ1n) is 34.6. The minimum atomic E-state index is -4.95. The van der Waals surface area contributed by atoms with Crippen molar-refractivity contribution in [3.05, 3.63) is 0 Å². The highest BCUT2D eigenvalue weighted by atomic mass is 31.2. The number of phosphoric acid groups is 2. The number of hydrogen-bond acceptors (Lipinski definition) is 15. The molecule has 17 nitrogen and oxygen atoms in total. The molecule has 0 aliphatic carbocycles. The second kappa shape index (κ2) is 59.7. The average molecular weight is 1260 g/mol. The van der Waals surface area contributed by atoms with Crippen molar-refractivity contribution in [1.82, 2.24) is 0 Å². The van der Waals surface area contributed by atoms with E-state index in [-0.39, 0.29) is 25.7 Å². The van der Waals surface area contributed by atoms with Crippen LogP contribution in [0.2, 0.25) is 0 Å². The summed E-state index contributed by atoms with van der Waals surface area (Å²) in [5.41, 5.74) is 0. The third kappa shape index (κ3) is 60.7. The molecule has 0 saturated carbocycles. The number of rotatable bonds is 66. The van der Waals surface area contributed by atoms with Gasteiger partial charge in [0.1, 0.15) is 19.3 Å². The number of carbonyl (C=O) groups is 4. The lowest BCUT2D eigenvalue weighted by molar-refractivity contribution is -0.161. The van der Waals surface area contributed by atoms with Gasteiger partial charge < -0.3 is 33.8 Å². The minimum absolute atomic E-state index is 0.105. The molecule has 0 amide bonds. The number of phosphoric ester groups is 2. The maximum absolute atomic E-state index is 13.0. The quantitative estimate of drug-likeness (QED) is 0.0222. The molecule has 0 spiro atoms. The Morgan fingerprint density at radius 3 is 0.800 bits per heavy atom. The van der Waals surface area contributed by atoms with Gasteiger partial charge in [0.15, 0.2) is 12.2 Å². The van der Waals surface area contributed by atoms with Crippen LogP contribution in [0.15, 0.2) is 0 Å². The molecule has 85 heavy (non-hydrogen) atoms. The highest BCUT2D eigenvalue weighted by Crippen LogP contribution is 2.45. The number of hydrogen-bond donors (Lipinski definition) is 3. The average Bonchev–Trinajstić information content (AvgIpc) is 3.63. The number of aliphatic hydroxyl groups excluding tert-OH is 1. The van der Waals surface area contributed by atoms with E-state index < -0.39 is 97.5 Å². The zero-order valence-electron chi connectivity index (χ0n) is 54.7. The van der Waals surface area contributed by atoms with Crippen molar-refractivity contribution in [3.63, 3.8) is 0 Å². The van der Waals surface area contributed by atoms with Crippen LogP contribution in [0.25, 0.3) is 0 Å². The number of carbonyl (C=O) groups excluding carboxylic acids is 4. The second-order valence-corrected chi connectivity index (χ2v) is 27.2. The van der Waals surface area contributed by atoms with Gasteiger partial charge in [0, 0.05) is 25.7 Å². The van der Waals surface area contributed by atoms with E-state index in [0.717, 1.165) is 102 Å². The molecule has 0 aliphatic heterocycles. The van der Waals surface area contributed by atoms with E-state index in [4.69, 9.17) is 37.0 Å². The minimum Gasteiger partial charge on any atom is -0.462 e. The standard InChI is InChI=1S/C66H128O17P2/c1-6-9-12-15-17-19-20-21-22-23-24-25-26-27-33-37-42-47-52-66(71)83-62(56-77-64(69)50-45-40-35-32-29-28-31-34-39-43-48-59(4)5)58-81-85(74,75)79-54-60(67)53-78-84(72,73)80-57-61(55-76-63(68)49-44-38-14-11-8-3)82-65(70)51-46-41-36-30-18-16-13-10-7-2/h59-62,67H,6-58H2,1-5H3,(H,72,73)(H,74,75)/t60-,61+,62+/m0/s1. The monoisotopic (exact) mass is 1250 g/mol. The van der Waals surface area contributed by atoms with Crippen molar-refractivity contribution in [3.8, 4) is 0 Å². The van der Waals surface area contributed by atoms with E-state index >= 15 is 0 Å². The molecule has 504 valence electrons. The fourth-order valence-corrected chi connectivity index (χ4v) is 11.5. The van der Waals surface area contributed by atoms with Gasteiger partial charge in [0.05, 0.1) is 26.4 Å². The molecule has 0 aliphatic rings. The van der Waals surface area contributed by atoms with Crippen molar-refractivity contribution >= 4 is 39.5 Å². The summed E-state index contributed by atoms with van der Waals surface area (Å²) in [7, 11) is -9.88. The molecule has 0 saturated heterocycles. The molecule has 0 aromatic carbocycles. The largest absolute Gasteiger partial charge is 0.472 e. The van der Waals surface area contributed by atoms with Crippen molar-refractivity contribution < 1.29 is 80.2 Å². The predicted molar refractivity (Wildman–Crippen MR) is 340 cm³/mol. The van der Waals surface area contributed by atoms with Crippen LogP contribution < -0.4 is 0 Å².